The third-order valence-electron chi connectivity index (χ3n) is 1.67. The average molecular weight is 232 g/mol. The second kappa shape index (κ2) is 3.86. The van der Waals surface area contributed by atoms with Crippen LogP contribution < -0.4 is 5.32 Å². The number of hydrogen-bond donors (Lipinski definition) is 1. The first kappa shape index (κ1) is 10.8. The molecule has 0 fully saturated rings. The van der Waals surface area contributed by atoms with Crippen molar-refractivity contribution in [1.29, 1.82) is 0 Å². The number of nitrogens with zero attached hydrogens (tertiary/aromatic N) is 2. The maximum Gasteiger partial charge on any atom is 0.335 e. The Morgan fingerprint density at radius 2 is 2.14 bits per heavy atom. The molecule has 4 nitrogen and oxygen atoms in total. The summed E-state index contributed by atoms with van der Waals surface area (Å²) in [7, 11) is 0. The average Bonchev–Trinajstić information content (AvgIpc) is 2.51. The number of aromatic carboxylic acids is 1. The van der Waals surface area contributed by atoms with Gasteiger partial charge in [-0.2, -0.15) is 0 Å². The van der Waals surface area contributed by atoms with Gasteiger partial charge in [0.2, 0.25) is 0 Å². The number of carboxylic acid groups (broad SMARTS) is 1. The predicted molar refractivity (Wildman–Crippen MR) is 55.6 cm³/mol. The van der Waals surface area contributed by atoms with Crippen LogP contribution in [0.15, 0.2) is 17.1 Å². The van der Waals surface area contributed by atoms with Crippen LogP contribution >= 0.6 is 24.0 Å². The molecule has 0 aromatic heterocycles. The Morgan fingerprint density at radius 1 is 1.43 bits per heavy atom. The van der Waals surface area contributed by atoms with Gasteiger partial charge in [0.25, 0.3) is 0 Å². The quantitative estimate of drug-likeness (QED) is 0.807. The lowest BCUT2D eigenvalue weighted by atomic mass is 10.2. The third-order valence-corrected chi connectivity index (χ3v) is 1.96. The first-order valence-electron chi connectivity index (χ1n) is 3.49. The Hall–Kier alpha value is -1.26. The van der Waals surface area contributed by atoms with E-state index in [1.165, 1.54) is 18.5 Å². The van der Waals surface area contributed by atoms with Crippen LogP contribution in [0.25, 0.3) is 0 Å². The molecule has 1 radical (unpaired) electrons. The molecule has 0 saturated heterocycles. The zero-order chi connectivity index (χ0) is 9.42. The van der Waals surface area contributed by atoms with Crippen LogP contribution in [0.3, 0.4) is 0 Å². The van der Waals surface area contributed by atoms with E-state index in [9.17, 15) is 4.79 Å². The van der Waals surface area contributed by atoms with Crippen LogP contribution in [0.4, 0.5) is 11.4 Å². The zero-order valence-electron chi connectivity index (χ0n) is 6.77. The van der Waals surface area contributed by atoms with E-state index in [1.54, 1.807) is 0 Å². The molecule has 1 heterocycles. The van der Waals surface area contributed by atoms with Gasteiger partial charge in [-0.3, -0.25) is 0 Å². The van der Waals surface area contributed by atoms with Crippen LogP contribution in [0, 0.1) is 0 Å². The topological polar surface area (TPSA) is 63.8 Å². The van der Waals surface area contributed by atoms with E-state index in [4.69, 9.17) is 16.7 Å². The summed E-state index contributed by atoms with van der Waals surface area (Å²) in [6.45, 7) is 0. The van der Waals surface area contributed by atoms with Crippen molar-refractivity contribution in [2.45, 2.75) is 0 Å². The lowest BCUT2D eigenvalue weighted by Gasteiger charge is -2.00. The van der Waals surface area contributed by atoms with Crippen molar-refractivity contribution in [3.8, 4) is 0 Å². The number of carboxylic acids is 1. The fourth-order valence-electron chi connectivity index (χ4n) is 1.08. The Kier molecular flexibility index (Phi) is 2.98. The normalized spacial score (nSPS) is 11.5. The minimum atomic E-state index is -1.02. The standard InChI is InChI=1S/C8H4ClN2O2.ClH/c9-5-1-4(8(12)13)2-6-7(5)11-3-10-6;/h1-3H,(H,12,13);1H. The SMILES string of the molecule is Cl.O=C(O)c1cc(Cl)c2c(c1)N=C[N]2. The van der Waals surface area contributed by atoms with E-state index < -0.39 is 5.97 Å². The van der Waals surface area contributed by atoms with E-state index in [0.29, 0.717) is 16.4 Å². The van der Waals surface area contributed by atoms with Crippen molar-refractivity contribution < 1.29 is 9.90 Å². The molecule has 1 aliphatic heterocycles. The molecule has 73 valence electrons. The van der Waals surface area contributed by atoms with E-state index in [-0.39, 0.29) is 18.0 Å². The van der Waals surface area contributed by atoms with Crippen LogP contribution in [0.2, 0.25) is 5.02 Å². The van der Waals surface area contributed by atoms with Gasteiger partial charge in [-0.1, -0.05) is 11.6 Å². The summed E-state index contributed by atoms with van der Waals surface area (Å²) in [5, 5.41) is 12.9. The molecule has 6 heteroatoms. The molecular formula is C8H5Cl2N2O2. The van der Waals surface area contributed by atoms with Crippen LogP contribution in [0.1, 0.15) is 10.4 Å². The number of rotatable bonds is 1. The van der Waals surface area contributed by atoms with E-state index >= 15 is 0 Å². The highest BCUT2D eigenvalue weighted by atomic mass is 35.5. The second-order valence-electron chi connectivity index (χ2n) is 2.50. The summed E-state index contributed by atoms with van der Waals surface area (Å²) in [6, 6.07) is 2.80. The molecule has 14 heavy (non-hydrogen) atoms. The van der Waals surface area contributed by atoms with Crippen LogP contribution in [-0.2, 0) is 0 Å². The number of fused-ring (bicyclic) bond motifs is 1. The summed E-state index contributed by atoms with van der Waals surface area (Å²) < 4.78 is 0. The zero-order valence-corrected chi connectivity index (χ0v) is 8.34. The van der Waals surface area contributed by atoms with Crippen molar-refractivity contribution >= 4 is 47.7 Å². The number of carbonyl (C=O) groups is 1. The van der Waals surface area contributed by atoms with Crippen molar-refractivity contribution in [3.05, 3.63) is 22.7 Å². The van der Waals surface area contributed by atoms with E-state index in [1.807, 2.05) is 0 Å². The first-order valence-corrected chi connectivity index (χ1v) is 3.86. The van der Waals surface area contributed by atoms with Gasteiger partial charge >= 0.3 is 5.97 Å². The molecule has 1 aromatic carbocycles. The fraction of sp³-hybridized carbons (Fsp3) is 0. The van der Waals surface area contributed by atoms with Gasteiger partial charge in [0, 0.05) is 0 Å². The summed E-state index contributed by atoms with van der Waals surface area (Å²) in [5.41, 5.74) is 1.16. The largest absolute Gasteiger partial charge is 0.478 e. The predicted octanol–water partition coefficient (Wildman–Crippen LogP) is 2.37. The summed E-state index contributed by atoms with van der Waals surface area (Å²) in [4.78, 5) is 14.5. The minimum absolute atomic E-state index is 0. The van der Waals surface area contributed by atoms with Gasteiger partial charge in [0.05, 0.1) is 16.3 Å². The fourth-order valence-corrected chi connectivity index (χ4v) is 1.35. The second-order valence-corrected chi connectivity index (χ2v) is 2.91. The van der Waals surface area contributed by atoms with Gasteiger partial charge in [-0.05, 0) is 12.1 Å². The van der Waals surface area contributed by atoms with Crippen molar-refractivity contribution in [3.63, 3.8) is 0 Å². The Labute approximate surface area is 91.0 Å². The number of halogens is 2. The molecule has 1 aliphatic rings. The number of aliphatic imine (C=N–C) groups is 1. The summed E-state index contributed by atoms with van der Waals surface area (Å²) in [6.07, 6.45) is 1.35. The lowest BCUT2D eigenvalue weighted by molar-refractivity contribution is 0.0697. The van der Waals surface area contributed by atoms with Gasteiger partial charge in [0.1, 0.15) is 12.0 Å². The van der Waals surface area contributed by atoms with E-state index in [0.717, 1.165) is 0 Å². The van der Waals surface area contributed by atoms with Crippen molar-refractivity contribution in [2.24, 2.45) is 4.99 Å². The van der Waals surface area contributed by atoms with E-state index in [2.05, 4.69) is 10.3 Å². The number of hydrogen-bond acceptors (Lipinski definition) is 2. The molecule has 0 aliphatic carbocycles. The maximum absolute atomic E-state index is 10.6. The summed E-state index contributed by atoms with van der Waals surface area (Å²) >= 11 is 5.78. The molecule has 0 saturated carbocycles. The molecule has 1 aromatic rings. The van der Waals surface area contributed by atoms with Gasteiger partial charge in [-0.25, -0.2) is 15.1 Å². The highest BCUT2D eigenvalue weighted by molar-refractivity contribution is 6.34. The molecule has 0 amide bonds. The Bertz CT molecular complexity index is 418. The molecular weight excluding hydrogens is 227 g/mol. The van der Waals surface area contributed by atoms with Gasteiger partial charge < -0.3 is 5.11 Å². The van der Waals surface area contributed by atoms with Gasteiger partial charge in [-0.15, -0.1) is 12.4 Å². The molecule has 0 spiro atoms. The monoisotopic (exact) mass is 231 g/mol. The highest BCUT2D eigenvalue weighted by Gasteiger charge is 2.15. The molecule has 2 rings (SSSR count). The lowest BCUT2D eigenvalue weighted by Crippen LogP contribution is -1.96. The van der Waals surface area contributed by atoms with Gasteiger partial charge in [0.15, 0.2) is 0 Å². The molecule has 0 bridgehead atoms. The Balaban J connectivity index is 0.000000980. The molecule has 0 unspecified atom stereocenters. The smallest absolute Gasteiger partial charge is 0.335 e. The molecule has 1 N–H and O–H groups in total. The van der Waals surface area contributed by atoms with Crippen molar-refractivity contribution in [1.82, 2.24) is 5.32 Å². The maximum atomic E-state index is 10.6. The van der Waals surface area contributed by atoms with Crippen LogP contribution in [0.5, 0.6) is 0 Å². The minimum Gasteiger partial charge on any atom is -0.478 e. The Morgan fingerprint density at radius 3 is 2.79 bits per heavy atom. The molecule has 0 atom stereocenters. The third kappa shape index (κ3) is 1.66. The summed E-state index contributed by atoms with van der Waals surface area (Å²) in [5.74, 6) is -1.02. The highest BCUT2D eigenvalue weighted by Crippen LogP contribution is 2.36. The first-order chi connectivity index (χ1) is 6.18. The van der Waals surface area contributed by atoms with Crippen LogP contribution in [-0.4, -0.2) is 17.4 Å². The number of benzene rings is 1. The van der Waals surface area contributed by atoms with Crippen molar-refractivity contribution in [2.75, 3.05) is 0 Å².